The summed E-state index contributed by atoms with van der Waals surface area (Å²) in [6.07, 6.45) is 1.64. The number of aryl methyl sites for hydroxylation is 1. The molecule has 0 unspecified atom stereocenters. The van der Waals surface area contributed by atoms with Gasteiger partial charge >= 0.3 is 0 Å². The lowest BCUT2D eigenvalue weighted by atomic mass is 10.1. The summed E-state index contributed by atoms with van der Waals surface area (Å²) in [5.41, 5.74) is 1.64. The minimum Gasteiger partial charge on any atom is -0.504 e. The van der Waals surface area contributed by atoms with E-state index in [0.717, 1.165) is 5.01 Å². The van der Waals surface area contributed by atoms with Gasteiger partial charge in [0, 0.05) is 11.8 Å². The molecule has 8 heteroatoms. The van der Waals surface area contributed by atoms with Gasteiger partial charge in [-0.3, -0.25) is 14.6 Å². The monoisotopic (exact) mass is 340 g/mol. The number of phenols is 1. The predicted molar refractivity (Wildman–Crippen MR) is 92.8 cm³/mol. The fourth-order valence-corrected chi connectivity index (χ4v) is 2.44. The summed E-state index contributed by atoms with van der Waals surface area (Å²) in [7, 11) is 1.45. The number of carbonyl (C=O) groups excluding carboxylic acids is 1. The Kier molecular flexibility index (Phi) is 4.10. The number of hydrogen-bond donors (Lipinski definition) is 2. The van der Waals surface area contributed by atoms with Crippen molar-refractivity contribution in [3.8, 4) is 11.5 Å². The number of aromatic hydroxyl groups is 1. The molecule has 0 saturated carbocycles. The molecule has 128 valence electrons. The van der Waals surface area contributed by atoms with E-state index in [2.05, 4.69) is 15.1 Å². The standard InChI is InChI=1S/C17H16N4O4/c1-9-6-15(23)19-17(18-9)21-16(24)12(10(2)20-21)7-11-4-5-13(22)14(8-11)25-3/h4-8,22H,1-3H3,(H,18,19,23)/b12-7+. The lowest BCUT2D eigenvalue weighted by molar-refractivity contribution is -0.114. The number of rotatable bonds is 3. The molecule has 2 heterocycles. The van der Waals surface area contributed by atoms with E-state index in [1.807, 2.05) is 0 Å². The molecule has 3 rings (SSSR count). The third-order valence-electron chi connectivity index (χ3n) is 3.64. The van der Waals surface area contributed by atoms with Crippen molar-refractivity contribution in [2.75, 3.05) is 12.1 Å². The number of aromatic nitrogens is 2. The molecule has 0 aliphatic carbocycles. The first-order chi connectivity index (χ1) is 11.9. The molecule has 25 heavy (non-hydrogen) atoms. The SMILES string of the molecule is COc1cc(/C=C2/C(=O)N(c3nc(C)cc(=O)[nH]3)N=C2C)ccc1O. The average Bonchev–Trinajstić information content (AvgIpc) is 2.83. The maximum absolute atomic E-state index is 12.7. The molecule has 8 nitrogen and oxygen atoms in total. The number of benzene rings is 1. The van der Waals surface area contributed by atoms with Gasteiger partial charge in [-0.25, -0.2) is 4.98 Å². The van der Waals surface area contributed by atoms with Crippen molar-refractivity contribution in [2.45, 2.75) is 13.8 Å². The van der Waals surface area contributed by atoms with E-state index in [1.54, 1.807) is 32.1 Å². The van der Waals surface area contributed by atoms with Gasteiger partial charge in [-0.15, -0.1) is 0 Å². The van der Waals surface area contributed by atoms with E-state index in [1.165, 1.54) is 19.2 Å². The third kappa shape index (κ3) is 3.14. The zero-order valence-electron chi connectivity index (χ0n) is 13.9. The second-order valence-corrected chi connectivity index (χ2v) is 5.50. The highest BCUT2D eigenvalue weighted by atomic mass is 16.5. The van der Waals surface area contributed by atoms with Gasteiger partial charge in [0.15, 0.2) is 11.5 Å². The summed E-state index contributed by atoms with van der Waals surface area (Å²) >= 11 is 0. The molecule has 1 amide bonds. The Balaban J connectivity index is 1.99. The first-order valence-corrected chi connectivity index (χ1v) is 7.45. The quantitative estimate of drug-likeness (QED) is 0.825. The number of amides is 1. The highest BCUT2D eigenvalue weighted by Crippen LogP contribution is 2.28. The number of nitrogens with zero attached hydrogens (tertiary/aromatic N) is 3. The Morgan fingerprint density at radius 1 is 1.24 bits per heavy atom. The summed E-state index contributed by atoms with van der Waals surface area (Å²) < 4.78 is 5.07. The van der Waals surface area contributed by atoms with Crippen molar-refractivity contribution in [1.29, 1.82) is 0 Å². The van der Waals surface area contributed by atoms with Gasteiger partial charge in [0.05, 0.1) is 18.4 Å². The summed E-state index contributed by atoms with van der Waals surface area (Å²) in [4.78, 5) is 30.9. The van der Waals surface area contributed by atoms with Crippen LogP contribution in [0.1, 0.15) is 18.2 Å². The van der Waals surface area contributed by atoms with E-state index in [-0.39, 0.29) is 17.3 Å². The van der Waals surface area contributed by atoms with Crippen LogP contribution in [0.25, 0.3) is 6.08 Å². The summed E-state index contributed by atoms with van der Waals surface area (Å²) in [5, 5.41) is 14.9. The van der Waals surface area contributed by atoms with Crippen LogP contribution in [0.3, 0.4) is 0 Å². The predicted octanol–water partition coefficient (Wildman–Crippen LogP) is 1.60. The third-order valence-corrected chi connectivity index (χ3v) is 3.64. The summed E-state index contributed by atoms with van der Waals surface area (Å²) in [6.45, 7) is 3.35. The molecule has 0 spiro atoms. The van der Waals surface area contributed by atoms with Crippen molar-refractivity contribution < 1.29 is 14.6 Å². The fraction of sp³-hybridized carbons (Fsp3) is 0.176. The second kappa shape index (κ2) is 6.23. The number of H-pyrrole nitrogens is 1. The van der Waals surface area contributed by atoms with Crippen LogP contribution in [0.15, 0.2) is 39.7 Å². The van der Waals surface area contributed by atoms with Crippen LogP contribution in [0.4, 0.5) is 5.95 Å². The number of aromatic amines is 1. The van der Waals surface area contributed by atoms with Gasteiger partial charge < -0.3 is 9.84 Å². The molecule has 0 fully saturated rings. The van der Waals surface area contributed by atoms with E-state index in [9.17, 15) is 14.7 Å². The van der Waals surface area contributed by atoms with Crippen molar-refractivity contribution in [3.05, 3.63) is 51.4 Å². The Bertz CT molecular complexity index is 975. The number of hydrazone groups is 1. The number of ether oxygens (including phenoxy) is 1. The Labute approximate surface area is 143 Å². The van der Waals surface area contributed by atoms with Crippen LogP contribution >= 0.6 is 0 Å². The molecule has 0 radical (unpaired) electrons. The maximum atomic E-state index is 12.7. The maximum Gasteiger partial charge on any atom is 0.283 e. The van der Waals surface area contributed by atoms with E-state index in [0.29, 0.717) is 28.3 Å². The van der Waals surface area contributed by atoms with Crippen molar-refractivity contribution in [3.63, 3.8) is 0 Å². The topological polar surface area (TPSA) is 108 Å². The Morgan fingerprint density at radius 3 is 2.68 bits per heavy atom. The van der Waals surface area contributed by atoms with E-state index >= 15 is 0 Å². The molecule has 2 N–H and O–H groups in total. The van der Waals surface area contributed by atoms with Crippen molar-refractivity contribution >= 4 is 23.6 Å². The number of phenolic OH excluding ortho intramolecular Hbond substituents is 1. The Hall–Kier alpha value is -3.42. The highest BCUT2D eigenvalue weighted by molar-refractivity contribution is 6.31. The summed E-state index contributed by atoms with van der Waals surface area (Å²) in [5.74, 6) is -0.0220. The van der Waals surface area contributed by atoms with Gasteiger partial charge in [-0.2, -0.15) is 10.1 Å². The molecule has 0 atom stereocenters. The van der Waals surface area contributed by atoms with E-state index < -0.39 is 5.91 Å². The van der Waals surface area contributed by atoms with Gasteiger partial charge in [0.1, 0.15) is 0 Å². The molecule has 2 aromatic rings. The zero-order valence-corrected chi connectivity index (χ0v) is 13.9. The molecule has 1 aromatic carbocycles. The minimum absolute atomic E-state index is 0.0101. The smallest absolute Gasteiger partial charge is 0.283 e. The van der Waals surface area contributed by atoms with Crippen molar-refractivity contribution in [1.82, 2.24) is 9.97 Å². The van der Waals surface area contributed by atoms with Crippen LogP contribution in [0.5, 0.6) is 11.5 Å². The molecule has 1 aliphatic rings. The molecule has 0 saturated heterocycles. The lowest BCUT2D eigenvalue weighted by Gasteiger charge is -2.10. The van der Waals surface area contributed by atoms with Crippen LogP contribution in [0.2, 0.25) is 0 Å². The van der Waals surface area contributed by atoms with Crippen LogP contribution < -0.4 is 15.3 Å². The molecule has 0 bridgehead atoms. The Morgan fingerprint density at radius 2 is 2.00 bits per heavy atom. The number of carbonyl (C=O) groups is 1. The molecule has 1 aromatic heterocycles. The largest absolute Gasteiger partial charge is 0.504 e. The number of nitrogens with one attached hydrogen (secondary N) is 1. The van der Waals surface area contributed by atoms with Crippen molar-refractivity contribution in [2.24, 2.45) is 5.10 Å². The normalized spacial score (nSPS) is 15.6. The zero-order chi connectivity index (χ0) is 18.1. The second-order valence-electron chi connectivity index (χ2n) is 5.50. The first-order valence-electron chi connectivity index (χ1n) is 7.45. The number of methoxy groups -OCH3 is 1. The van der Waals surface area contributed by atoms with Gasteiger partial charge in [-0.05, 0) is 37.6 Å². The summed E-state index contributed by atoms with van der Waals surface area (Å²) in [6, 6.07) is 6.08. The van der Waals surface area contributed by atoms with E-state index in [4.69, 9.17) is 4.74 Å². The van der Waals surface area contributed by atoms with Gasteiger partial charge in [0.25, 0.3) is 11.5 Å². The van der Waals surface area contributed by atoms with Crippen LogP contribution in [-0.4, -0.2) is 33.8 Å². The lowest BCUT2D eigenvalue weighted by Crippen LogP contribution is -2.26. The molecular weight excluding hydrogens is 324 g/mol. The minimum atomic E-state index is -0.404. The first kappa shape index (κ1) is 16.4. The fourth-order valence-electron chi connectivity index (χ4n) is 2.44. The molecule has 1 aliphatic heterocycles. The highest BCUT2D eigenvalue weighted by Gasteiger charge is 2.30. The average molecular weight is 340 g/mol. The van der Waals surface area contributed by atoms with Gasteiger partial charge in [0.2, 0.25) is 5.95 Å². The molecular formula is C17H16N4O4. The number of anilines is 1. The van der Waals surface area contributed by atoms with Crippen LogP contribution in [-0.2, 0) is 4.79 Å². The van der Waals surface area contributed by atoms with Crippen LogP contribution in [0, 0.1) is 6.92 Å². The van der Waals surface area contributed by atoms with Gasteiger partial charge in [-0.1, -0.05) is 6.07 Å². The number of hydrogen-bond acceptors (Lipinski definition) is 6.